The van der Waals surface area contributed by atoms with E-state index in [0.717, 1.165) is 6.07 Å². The molecule has 1 fully saturated rings. The van der Waals surface area contributed by atoms with Gasteiger partial charge in [-0.05, 0) is 50.2 Å². The number of carbonyl (C=O) groups excluding carboxylic acids is 2. The van der Waals surface area contributed by atoms with Gasteiger partial charge in [0.1, 0.15) is 0 Å². The van der Waals surface area contributed by atoms with Gasteiger partial charge in [0, 0.05) is 43.3 Å². The fourth-order valence-electron chi connectivity index (χ4n) is 4.51. The van der Waals surface area contributed by atoms with E-state index in [1.54, 1.807) is 4.90 Å². The maximum atomic E-state index is 12.9. The minimum absolute atomic E-state index is 0.0390. The summed E-state index contributed by atoms with van der Waals surface area (Å²) in [5, 5.41) is 3.11. The van der Waals surface area contributed by atoms with E-state index in [4.69, 9.17) is 21.8 Å². The second kappa shape index (κ2) is 12.2. The molecular formula is C26H26ClF3N4O7S. The first-order chi connectivity index (χ1) is 19.7. The second-order valence-electron chi connectivity index (χ2n) is 9.47. The predicted molar refractivity (Wildman–Crippen MR) is 148 cm³/mol. The van der Waals surface area contributed by atoms with Crippen LogP contribution >= 0.6 is 11.6 Å². The van der Waals surface area contributed by atoms with Crippen molar-refractivity contribution in [1.29, 1.82) is 0 Å². The van der Waals surface area contributed by atoms with Crippen molar-refractivity contribution in [2.24, 2.45) is 5.73 Å². The Labute approximate surface area is 243 Å². The molecule has 3 N–H and O–H groups in total. The van der Waals surface area contributed by atoms with Gasteiger partial charge in [0.2, 0.25) is 0 Å². The van der Waals surface area contributed by atoms with Crippen LogP contribution in [0.5, 0.6) is 5.75 Å². The maximum Gasteiger partial charge on any atom is 0.534 e. The lowest BCUT2D eigenvalue weighted by atomic mass is 10.1. The Hall–Kier alpha value is -3.82. The predicted octanol–water partition coefficient (Wildman–Crippen LogP) is 3.02. The number of amides is 2. The number of rotatable bonds is 9. The number of primary amides is 1. The third kappa shape index (κ3) is 6.63. The summed E-state index contributed by atoms with van der Waals surface area (Å²) >= 11 is 6.01. The molecule has 0 aliphatic carbocycles. The average Bonchev–Trinajstić information content (AvgIpc) is 2.93. The van der Waals surface area contributed by atoms with Gasteiger partial charge >= 0.3 is 15.6 Å². The van der Waals surface area contributed by atoms with Crippen molar-refractivity contribution in [1.82, 2.24) is 10.2 Å². The van der Waals surface area contributed by atoms with Crippen molar-refractivity contribution in [2.75, 3.05) is 44.2 Å². The van der Waals surface area contributed by atoms with E-state index in [2.05, 4.69) is 14.4 Å². The van der Waals surface area contributed by atoms with E-state index in [0.29, 0.717) is 39.1 Å². The van der Waals surface area contributed by atoms with Gasteiger partial charge in [-0.25, -0.2) is 0 Å². The molecule has 0 atom stereocenters. The van der Waals surface area contributed by atoms with Crippen LogP contribution < -0.4 is 25.6 Å². The van der Waals surface area contributed by atoms with Gasteiger partial charge in [-0.1, -0.05) is 17.7 Å². The minimum atomic E-state index is -5.86. The van der Waals surface area contributed by atoms with E-state index in [-0.39, 0.29) is 45.1 Å². The van der Waals surface area contributed by atoms with Crippen LogP contribution in [0.2, 0.25) is 5.02 Å². The van der Waals surface area contributed by atoms with Gasteiger partial charge in [-0.2, -0.15) is 21.6 Å². The number of fused-ring (bicyclic) bond motifs is 1. The SMILES string of the molecule is Cc1c(C(N)=O)oc2c(C(=O)NCCCN3CCN(c4cc(Cl)ccc4OS(=O)(=O)C(F)(F)F)CC3)cccc2c1=O. The van der Waals surface area contributed by atoms with Crippen LogP contribution in [0.1, 0.15) is 32.9 Å². The van der Waals surface area contributed by atoms with Crippen LogP contribution in [0.4, 0.5) is 18.9 Å². The normalized spacial score (nSPS) is 14.6. The van der Waals surface area contributed by atoms with E-state index in [1.165, 1.54) is 37.3 Å². The summed E-state index contributed by atoms with van der Waals surface area (Å²) in [6, 6.07) is 8.15. The number of hydrogen-bond acceptors (Lipinski definition) is 9. The Kier molecular flexibility index (Phi) is 9.03. The quantitative estimate of drug-likeness (QED) is 0.206. The molecule has 226 valence electrons. The molecule has 1 aromatic heterocycles. The number of hydrogen-bond donors (Lipinski definition) is 2. The first-order valence-electron chi connectivity index (χ1n) is 12.6. The number of piperazine rings is 1. The number of anilines is 1. The van der Waals surface area contributed by atoms with Gasteiger partial charge in [0.05, 0.1) is 16.6 Å². The van der Waals surface area contributed by atoms with Gasteiger partial charge < -0.3 is 24.6 Å². The molecule has 4 rings (SSSR count). The Morgan fingerprint density at radius 2 is 1.83 bits per heavy atom. The number of carbonyl (C=O) groups is 2. The highest BCUT2D eigenvalue weighted by Gasteiger charge is 2.49. The largest absolute Gasteiger partial charge is 0.534 e. The molecule has 1 saturated heterocycles. The van der Waals surface area contributed by atoms with E-state index in [9.17, 15) is 36.0 Å². The number of nitrogens with one attached hydrogen (secondary N) is 1. The standard InChI is InChI=1S/C26H26ClF3N4O7S/c1-15-21(35)17-4-2-5-18(23(17)40-22(15)24(31)36)25(37)32-8-3-9-33-10-12-34(13-11-33)19-14-16(27)6-7-20(19)41-42(38,39)26(28,29)30/h2,4-7,14H,3,8-13H2,1H3,(H2,31,36)(H,32,37). The number of benzene rings is 2. The zero-order valence-corrected chi connectivity index (χ0v) is 23.7. The van der Waals surface area contributed by atoms with Crippen molar-refractivity contribution in [2.45, 2.75) is 18.9 Å². The highest BCUT2D eigenvalue weighted by Crippen LogP contribution is 2.36. The summed E-state index contributed by atoms with van der Waals surface area (Å²) in [5.41, 5.74) is -0.516. The highest BCUT2D eigenvalue weighted by atomic mass is 35.5. The minimum Gasteiger partial charge on any atom is -0.450 e. The molecule has 11 nitrogen and oxygen atoms in total. The summed E-state index contributed by atoms with van der Waals surface area (Å²) in [7, 11) is -5.86. The number of nitrogens with two attached hydrogens (primary N) is 1. The first kappa shape index (κ1) is 31.1. The third-order valence-corrected chi connectivity index (χ3v) is 7.87. The summed E-state index contributed by atoms with van der Waals surface area (Å²) in [6.45, 7) is 3.96. The van der Waals surface area contributed by atoms with Crippen molar-refractivity contribution < 1.29 is 39.8 Å². The zero-order valence-electron chi connectivity index (χ0n) is 22.2. The lowest BCUT2D eigenvalue weighted by Crippen LogP contribution is -2.47. The van der Waals surface area contributed by atoms with E-state index >= 15 is 0 Å². The molecule has 0 radical (unpaired) electrons. The Balaban J connectivity index is 1.33. The van der Waals surface area contributed by atoms with Crippen LogP contribution in [-0.4, -0.2) is 69.9 Å². The van der Waals surface area contributed by atoms with E-state index < -0.39 is 38.6 Å². The van der Waals surface area contributed by atoms with Crippen molar-refractivity contribution in [3.05, 3.63) is 68.5 Å². The van der Waals surface area contributed by atoms with Crippen molar-refractivity contribution >= 4 is 50.2 Å². The van der Waals surface area contributed by atoms with Crippen LogP contribution in [0.15, 0.2) is 45.6 Å². The van der Waals surface area contributed by atoms with Crippen LogP contribution in [0, 0.1) is 6.92 Å². The lowest BCUT2D eigenvalue weighted by Gasteiger charge is -2.36. The molecule has 0 bridgehead atoms. The number of para-hydroxylation sites is 1. The van der Waals surface area contributed by atoms with Crippen molar-refractivity contribution in [3.63, 3.8) is 0 Å². The molecule has 1 aliphatic heterocycles. The van der Waals surface area contributed by atoms with Gasteiger partial charge in [-0.15, -0.1) is 0 Å². The van der Waals surface area contributed by atoms with E-state index in [1.807, 2.05) is 0 Å². The average molecular weight is 631 g/mol. The number of alkyl halides is 3. The van der Waals surface area contributed by atoms with Crippen molar-refractivity contribution in [3.8, 4) is 5.75 Å². The number of nitrogens with zero attached hydrogens (tertiary/aromatic N) is 2. The Morgan fingerprint density at radius 3 is 2.48 bits per heavy atom. The van der Waals surface area contributed by atoms with Gasteiger partial charge in [0.25, 0.3) is 11.8 Å². The topological polar surface area (TPSA) is 152 Å². The molecule has 42 heavy (non-hydrogen) atoms. The Bertz CT molecular complexity index is 1690. The van der Waals surface area contributed by atoms with Crippen LogP contribution in [0.25, 0.3) is 11.0 Å². The highest BCUT2D eigenvalue weighted by molar-refractivity contribution is 7.88. The molecule has 2 amide bonds. The molecule has 3 aromatic rings. The summed E-state index contributed by atoms with van der Waals surface area (Å²) in [5.74, 6) is -2.22. The van der Waals surface area contributed by atoms with Crippen LogP contribution in [-0.2, 0) is 10.1 Å². The molecule has 0 spiro atoms. The van der Waals surface area contributed by atoms with Gasteiger partial charge in [0.15, 0.2) is 22.5 Å². The Morgan fingerprint density at radius 1 is 1.14 bits per heavy atom. The molecule has 2 aromatic carbocycles. The van der Waals surface area contributed by atoms with Crippen LogP contribution in [0.3, 0.4) is 0 Å². The maximum absolute atomic E-state index is 12.9. The zero-order chi connectivity index (χ0) is 30.8. The molecule has 0 unspecified atom stereocenters. The molecular weight excluding hydrogens is 605 g/mol. The fraction of sp³-hybridized carbons (Fsp3) is 0.346. The molecule has 1 aliphatic rings. The summed E-state index contributed by atoms with van der Waals surface area (Å²) < 4.78 is 71.5. The monoisotopic (exact) mass is 630 g/mol. The summed E-state index contributed by atoms with van der Waals surface area (Å²) in [6.07, 6.45) is 0.543. The number of halogens is 4. The molecule has 0 saturated carbocycles. The summed E-state index contributed by atoms with van der Waals surface area (Å²) in [4.78, 5) is 40.9. The fourth-order valence-corrected chi connectivity index (χ4v) is 5.15. The first-order valence-corrected chi connectivity index (χ1v) is 14.4. The van der Waals surface area contributed by atoms with Gasteiger partial charge in [-0.3, -0.25) is 19.3 Å². The third-order valence-electron chi connectivity index (χ3n) is 6.67. The molecule has 2 heterocycles. The second-order valence-corrected chi connectivity index (χ2v) is 11.4. The smallest absolute Gasteiger partial charge is 0.450 e. The lowest BCUT2D eigenvalue weighted by molar-refractivity contribution is -0.0499. The molecule has 16 heteroatoms.